The predicted octanol–water partition coefficient (Wildman–Crippen LogP) is 2.63. The van der Waals surface area contributed by atoms with E-state index in [9.17, 15) is 4.79 Å². The predicted molar refractivity (Wildman–Crippen MR) is 97.6 cm³/mol. The Kier molecular flexibility index (Phi) is 4.59. The van der Waals surface area contributed by atoms with Gasteiger partial charge in [-0.3, -0.25) is 9.78 Å². The third-order valence-electron chi connectivity index (χ3n) is 3.94. The fourth-order valence-corrected chi connectivity index (χ4v) is 2.70. The number of anilines is 1. The highest BCUT2D eigenvalue weighted by Gasteiger charge is 2.19. The van der Waals surface area contributed by atoms with Crippen LogP contribution in [0.4, 0.5) is 5.95 Å². The molecule has 132 valence electrons. The Labute approximate surface area is 146 Å². The van der Waals surface area contributed by atoms with Crippen LogP contribution in [-0.2, 0) is 23.4 Å². The van der Waals surface area contributed by atoms with Gasteiger partial charge < -0.3 is 10.1 Å². The molecule has 0 saturated heterocycles. The average Bonchev–Trinajstić information content (AvgIpc) is 2.99. The quantitative estimate of drug-likeness (QED) is 0.745. The van der Waals surface area contributed by atoms with Crippen molar-refractivity contribution >= 4 is 17.0 Å². The second-order valence-corrected chi connectivity index (χ2v) is 6.93. The van der Waals surface area contributed by atoms with Gasteiger partial charge in [-0.1, -0.05) is 24.3 Å². The van der Waals surface area contributed by atoms with Crippen LogP contribution in [0, 0.1) is 0 Å². The fraction of sp³-hybridized carbons (Fsp3) is 0.389. The van der Waals surface area contributed by atoms with E-state index in [4.69, 9.17) is 4.74 Å². The molecule has 3 rings (SSSR count). The number of benzene rings is 1. The molecule has 2 aromatic heterocycles. The van der Waals surface area contributed by atoms with Crippen LogP contribution in [0.1, 0.15) is 31.9 Å². The molecule has 0 aliphatic carbocycles. The zero-order valence-corrected chi connectivity index (χ0v) is 15.0. The van der Waals surface area contributed by atoms with Crippen molar-refractivity contribution in [2.24, 2.45) is 0 Å². The molecule has 2 N–H and O–H groups in total. The summed E-state index contributed by atoms with van der Waals surface area (Å²) in [5.74, 6) is 0.427. The first-order valence-corrected chi connectivity index (χ1v) is 8.18. The molecule has 0 aliphatic heterocycles. The lowest BCUT2D eigenvalue weighted by Crippen LogP contribution is -2.24. The maximum absolute atomic E-state index is 12.3. The van der Waals surface area contributed by atoms with E-state index >= 15 is 0 Å². The van der Waals surface area contributed by atoms with Crippen LogP contribution in [0.25, 0.3) is 11.0 Å². The summed E-state index contributed by atoms with van der Waals surface area (Å²) in [6.07, 6.45) is 1.56. The topological polar surface area (TPSA) is 84.8 Å². The molecule has 0 radical (unpaired) electrons. The van der Waals surface area contributed by atoms with Crippen molar-refractivity contribution in [3.63, 3.8) is 0 Å². The molecule has 2 heterocycles. The smallest absolute Gasteiger partial charge is 0.263 e. The van der Waals surface area contributed by atoms with Crippen molar-refractivity contribution in [1.29, 1.82) is 0 Å². The van der Waals surface area contributed by atoms with E-state index in [1.165, 1.54) is 0 Å². The number of aromatic amines is 1. The minimum Gasteiger partial charge on any atom is -0.380 e. The van der Waals surface area contributed by atoms with Gasteiger partial charge in [0.25, 0.3) is 5.56 Å². The number of hydrogen-bond acceptors (Lipinski definition) is 5. The summed E-state index contributed by atoms with van der Waals surface area (Å²) < 4.78 is 6.99. The van der Waals surface area contributed by atoms with Gasteiger partial charge in [0, 0.05) is 13.7 Å². The Morgan fingerprint density at radius 1 is 1.24 bits per heavy atom. The number of nitrogens with one attached hydrogen (secondary N) is 2. The molecule has 0 unspecified atom stereocenters. The molecule has 1 aromatic carbocycles. The van der Waals surface area contributed by atoms with Crippen LogP contribution in [0.5, 0.6) is 0 Å². The lowest BCUT2D eigenvalue weighted by molar-refractivity contribution is 0.184. The first kappa shape index (κ1) is 17.2. The van der Waals surface area contributed by atoms with Crippen molar-refractivity contribution in [3.05, 3.63) is 51.9 Å². The molecule has 0 spiro atoms. The maximum atomic E-state index is 12.3. The summed E-state index contributed by atoms with van der Waals surface area (Å²) in [6.45, 7) is 7.15. The van der Waals surface area contributed by atoms with Gasteiger partial charge in [0.15, 0.2) is 5.65 Å². The van der Waals surface area contributed by atoms with Gasteiger partial charge >= 0.3 is 0 Å². The van der Waals surface area contributed by atoms with E-state index in [2.05, 4.69) is 20.4 Å². The second kappa shape index (κ2) is 6.68. The molecule has 25 heavy (non-hydrogen) atoms. The molecule has 7 heteroatoms. The average molecular weight is 341 g/mol. The van der Waals surface area contributed by atoms with Crippen molar-refractivity contribution in [2.45, 2.75) is 39.5 Å². The lowest BCUT2D eigenvalue weighted by atomic mass is 10.1. The van der Waals surface area contributed by atoms with Crippen molar-refractivity contribution in [3.8, 4) is 0 Å². The highest BCUT2D eigenvalue weighted by Crippen LogP contribution is 2.19. The highest BCUT2D eigenvalue weighted by molar-refractivity contribution is 5.74. The molecule has 0 atom stereocenters. The van der Waals surface area contributed by atoms with E-state index in [1.54, 1.807) is 18.0 Å². The third kappa shape index (κ3) is 3.56. The van der Waals surface area contributed by atoms with Crippen LogP contribution in [0.15, 0.2) is 35.3 Å². The van der Waals surface area contributed by atoms with Crippen LogP contribution < -0.4 is 10.9 Å². The van der Waals surface area contributed by atoms with Gasteiger partial charge in [-0.05, 0) is 31.9 Å². The molecule has 0 saturated carbocycles. The van der Waals surface area contributed by atoms with E-state index < -0.39 is 0 Å². The van der Waals surface area contributed by atoms with Crippen LogP contribution in [0.3, 0.4) is 0 Å². The molecule has 7 nitrogen and oxygen atoms in total. The molecule has 0 bridgehead atoms. The number of fused-ring (bicyclic) bond motifs is 1. The summed E-state index contributed by atoms with van der Waals surface area (Å²) in [5, 5.41) is 8.00. The van der Waals surface area contributed by atoms with Gasteiger partial charge in [0.1, 0.15) is 5.39 Å². The van der Waals surface area contributed by atoms with E-state index in [0.29, 0.717) is 30.1 Å². The van der Waals surface area contributed by atoms with Gasteiger partial charge in [0.2, 0.25) is 5.95 Å². The normalized spacial score (nSPS) is 11.8. The summed E-state index contributed by atoms with van der Waals surface area (Å²) in [6, 6.07) is 8.00. The second-order valence-electron chi connectivity index (χ2n) is 6.93. The number of hydrogen-bond donors (Lipinski definition) is 2. The Morgan fingerprint density at radius 3 is 2.64 bits per heavy atom. The molecule has 0 amide bonds. The van der Waals surface area contributed by atoms with E-state index in [0.717, 1.165) is 11.1 Å². The van der Waals surface area contributed by atoms with Crippen molar-refractivity contribution in [2.75, 3.05) is 12.4 Å². The van der Waals surface area contributed by atoms with Gasteiger partial charge in [-0.2, -0.15) is 10.1 Å². The zero-order valence-electron chi connectivity index (χ0n) is 15.0. The lowest BCUT2D eigenvalue weighted by Gasteiger charge is -2.19. The molecule has 0 aliphatic rings. The van der Waals surface area contributed by atoms with Crippen LogP contribution in [0.2, 0.25) is 0 Å². The number of aromatic nitrogens is 4. The van der Waals surface area contributed by atoms with E-state index in [1.807, 2.05) is 45.0 Å². The number of ether oxygens (including phenoxy) is 1. The standard InChI is InChI=1S/C18H23N5O2/c1-18(2,3)23-15-14(10-20-23)16(24)22-17(21-15)19-9-12-7-5-6-8-13(12)11-25-4/h5-8,10H,9,11H2,1-4H3,(H2,19,21,22,24). The summed E-state index contributed by atoms with van der Waals surface area (Å²) in [5.41, 5.74) is 2.31. The summed E-state index contributed by atoms with van der Waals surface area (Å²) in [7, 11) is 1.67. The first-order valence-electron chi connectivity index (χ1n) is 8.18. The Balaban J connectivity index is 1.91. The summed E-state index contributed by atoms with van der Waals surface area (Å²) in [4.78, 5) is 19.6. The number of rotatable bonds is 5. The highest BCUT2D eigenvalue weighted by atomic mass is 16.5. The van der Waals surface area contributed by atoms with Crippen molar-refractivity contribution < 1.29 is 4.74 Å². The third-order valence-corrected chi connectivity index (χ3v) is 3.94. The number of H-pyrrole nitrogens is 1. The number of methoxy groups -OCH3 is 1. The van der Waals surface area contributed by atoms with Gasteiger partial charge in [-0.25, -0.2) is 4.68 Å². The van der Waals surface area contributed by atoms with Crippen molar-refractivity contribution in [1.82, 2.24) is 19.7 Å². The minimum atomic E-state index is -0.259. The molecule has 0 fully saturated rings. The Morgan fingerprint density at radius 2 is 1.96 bits per heavy atom. The van der Waals surface area contributed by atoms with Crippen LogP contribution >= 0.6 is 0 Å². The monoisotopic (exact) mass is 341 g/mol. The van der Waals surface area contributed by atoms with Gasteiger partial charge in [0.05, 0.1) is 18.3 Å². The zero-order chi connectivity index (χ0) is 18.0. The molecular weight excluding hydrogens is 318 g/mol. The largest absolute Gasteiger partial charge is 0.380 e. The number of nitrogens with zero attached hydrogens (tertiary/aromatic N) is 3. The SMILES string of the molecule is COCc1ccccc1CNc1nc2c(cnn2C(C)(C)C)c(=O)[nH]1. The summed E-state index contributed by atoms with van der Waals surface area (Å²) >= 11 is 0. The fourth-order valence-electron chi connectivity index (χ4n) is 2.70. The Bertz CT molecular complexity index is 937. The molecule has 3 aromatic rings. The minimum absolute atomic E-state index is 0.201. The van der Waals surface area contributed by atoms with Gasteiger partial charge in [-0.15, -0.1) is 0 Å². The van der Waals surface area contributed by atoms with E-state index in [-0.39, 0.29) is 11.1 Å². The van der Waals surface area contributed by atoms with Crippen LogP contribution in [-0.4, -0.2) is 26.9 Å². The first-order chi connectivity index (χ1) is 11.9. The molecular formula is C18H23N5O2. The maximum Gasteiger partial charge on any atom is 0.263 e. The Hall–Kier alpha value is -2.67.